The molecule has 4 rings (SSSR count). The van der Waals surface area contributed by atoms with Crippen LogP contribution in [0, 0.1) is 6.92 Å². The molecule has 0 saturated carbocycles. The van der Waals surface area contributed by atoms with Crippen molar-refractivity contribution in [3.8, 4) is 5.75 Å². The quantitative estimate of drug-likeness (QED) is 0.441. The summed E-state index contributed by atoms with van der Waals surface area (Å²) >= 11 is 1.40. The molecule has 3 aromatic rings. The topological polar surface area (TPSA) is 49.9 Å². The van der Waals surface area contributed by atoms with Crippen molar-refractivity contribution in [1.29, 1.82) is 0 Å². The van der Waals surface area contributed by atoms with Crippen LogP contribution in [0.3, 0.4) is 0 Å². The molecule has 32 heavy (non-hydrogen) atoms. The van der Waals surface area contributed by atoms with E-state index < -0.39 is 16.6 Å². The van der Waals surface area contributed by atoms with Crippen LogP contribution in [0.1, 0.15) is 30.4 Å². The van der Waals surface area contributed by atoms with Gasteiger partial charge < -0.3 is 4.74 Å². The van der Waals surface area contributed by atoms with Gasteiger partial charge in [-0.3, -0.25) is 0 Å². The van der Waals surface area contributed by atoms with Gasteiger partial charge in [0, 0.05) is 17.8 Å². The predicted octanol–water partition coefficient (Wildman–Crippen LogP) is 5.85. The number of alkyl halides is 3. The molecule has 0 amide bonds. The van der Waals surface area contributed by atoms with Crippen LogP contribution in [-0.4, -0.2) is 32.2 Å². The lowest BCUT2D eigenvalue weighted by atomic mass is 10.2. The summed E-state index contributed by atoms with van der Waals surface area (Å²) in [7, 11) is -3.82. The summed E-state index contributed by atoms with van der Waals surface area (Å²) in [6.45, 7) is 2.83. The Kier molecular flexibility index (Phi) is 6.37. The van der Waals surface area contributed by atoms with E-state index in [2.05, 4.69) is 4.74 Å². The van der Waals surface area contributed by atoms with E-state index in [1.807, 2.05) is 31.2 Å². The van der Waals surface area contributed by atoms with Crippen LogP contribution in [-0.2, 0) is 16.8 Å². The zero-order valence-corrected chi connectivity index (χ0v) is 19.1. The number of hydrogen-bond acceptors (Lipinski definition) is 4. The van der Waals surface area contributed by atoms with Crippen LogP contribution >= 0.6 is 11.3 Å². The number of nitrogens with zero attached hydrogens (tertiary/aromatic N) is 2. The summed E-state index contributed by atoms with van der Waals surface area (Å²) in [4.78, 5) is 0. The maximum Gasteiger partial charge on any atom is 0.573 e. The molecule has 1 saturated heterocycles. The molecule has 1 aliphatic heterocycles. The van der Waals surface area contributed by atoms with E-state index in [4.69, 9.17) is 0 Å². The number of aryl methyl sites for hydroxylation is 1. The fraction of sp³-hybridized carbons (Fsp3) is 0.364. The first-order chi connectivity index (χ1) is 15.1. The minimum Gasteiger partial charge on any atom is -0.406 e. The summed E-state index contributed by atoms with van der Waals surface area (Å²) in [6, 6.07) is 13.0. The van der Waals surface area contributed by atoms with E-state index in [9.17, 15) is 21.6 Å². The highest BCUT2D eigenvalue weighted by Gasteiger charge is 2.34. The van der Waals surface area contributed by atoms with Gasteiger partial charge in [-0.25, -0.2) is 4.31 Å². The number of ether oxygens (including phenoxy) is 1. The van der Waals surface area contributed by atoms with Gasteiger partial charge in [-0.05, 0) is 54.5 Å². The Hall–Kier alpha value is -2.30. The van der Waals surface area contributed by atoms with Crippen LogP contribution in [0.5, 0.6) is 5.75 Å². The van der Waals surface area contributed by atoms with Crippen LogP contribution in [0.4, 0.5) is 18.2 Å². The molecule has 1 aliphatic rings. The lowest BCUT2D eigenvalue weighted by molar-refractivity contribution is -0.274. The Labute approximate surface area is 189 Å². The highest BCUT2D eigenvalue weighted by atomic mass is 32.2. The van der Waals surface area contributed by atoms with Crippen LogP contribution in [0.15, 0.2) is 48.5 Å². The number of thiophene rings is 1. The molecule has 0 N–H and O–H groups in total. The smallest absolute Gasteiger partial charge is 0.406 e. The van der Waals surface area contributed by atoms with Gasteiger partial charge in [0.1, 0.15) is 10.8 Å². The van der Waals surface area contributed by atoms with E-state index in [1.54, 1.807) is 0 Å². The molecular formula is C22H23F3N2O3S2. The summed E-state index contributed by atoms with van der Waals surface area (Å²) in [6.07, 6.45) is -2.17. The van der Waals surface area contributed by atoms with Gasteiger partial charge in [-0.1, -0.05) is 36.8 Å². The number of piperidine rings is 1. The third-order valence-electron chi connectivity index (χ3n) is 5.45. The van der Waals surface area contributed by atoms with Crippen molar-refractivity contribution >= 4 is 36.6 Å². The van der Waals surface area contributed by atoms with Crippen molar-refractivity contribution < 1.29 is 26.3 Å². The second-order valence-corrected chi connectivity index (χ2v) is 10.6. The normalized spacial score (nSPS) is 15.8. The van der Waals surface area contributed by atoms with Crippen molar-refractivity contribution in [1.82, 2.24) is 4.31 Å². The molecule has 0 unspecified atom stereocenters. The Morgan fingerprint density at radius 1 is 1.03 bits per heavy atom. The highest BCUT2D eigenvalue weighted by molar-refractivity contribution is 7.90. The summed E-state index contributed by atoms with van der Waals surface area (Å²) < 4.78 is 72.5. The molecule has 0 spiro atoms. The average Bonchev–Trinajstić information content (AvgIpc) is 3.09. The van der Waals surface area contributed by atoms with Gasteiger partial charge in [0.25, 0.3) is 0 Å². The molecular weight excluding hydrogens is 461 g/mol. The molecule has 0 atom stereocenters. The van der Waals surface area contributed by atoms with Crippen molar-refractivity contribution in [2.45, 2.75) is 39.1 Å². The largest absolute Gasteiger partial charge is 0.573 e. The highest BCUT2D eigenvalue weighted by Crippen LogP contribution is 2.40. The van der Waals surface area contributed by atoms with Crippen LogP contribution < -0.4 is 9.04 Å². The van der Waals surface area contributed by atoms with Crippen molar-refractivity contribution in [3.05, 3.63) is 59.7 Å². The van der Waals surface area contributed by atoms with Crippen molar-refractivity contribution in [2.75, 3.05) is 17.4 Å². The molecule has 1 aromatic heterocycles. The number of anilines is 1. The molecule has 0 bridgehead atoms. The zero-order chi connectivity index (χ0) is 22.9. The third kappa shape index (κ3) is 4.87. The summed E-state index contributed by atoms with van der Waals surface area (Å²) in [5.41, 5.74) is 1.43. The monoisotopic (exact) mass is 484 g/mol. The maximum absolute atomic E-state index is 13.7. The number of halogens is 3. The zero-order valence-electron chi connectivity index (χ0n) is 17.4. The first-order valence-corrected chi connectivity index (χ1v) is 12.5. The predicted molar refractivity (Wildman–Crippen MR) is 120 cm³/mol. The second kappa shape index (κ2) is 8.92. The lowest BCUT2D eigenvalue weighted by Crippen LogP contribution is -2.45. The number of benzene rings is 2. The van der Waals surface area contributed by atoms with Crippen LogP contribution in [0.25, 0.3) is 10.1 Å². The fourth-order valence-corrected chi connectivity index (χ4v) is 7.02. The minimum atomic E-state index is -4.78. The van der Waals surface area contributed by atoms with Gasteiger partial charge in [0.2, 0.25) is 0 Å². The first-order valence-electron chi connectivity index (χ1n) is 10.3. The SMILES string of the molecule is Cc1c(N(Cc2ccc(OC(F)(F)F)cc2)S(=O)(=O)N2CCCCC2)sc2ccccc12. The van der Waals surface area contributed by atoms with Gasteiger partial charge in [0.05, 0.1) is 6.54 Å². The Morgan fingerprint density at radius 3 is 2.31 bits per heavy atom. The second-order valence-electron chi connectivity index (χ2n) is 7.69. The van der Waals surface area contributed by atoms with Crippen molar-refractivity contribution in [2.24, 2.45) is 0 Å². The van der Waals surface area contributed by atoms with E-state index in [0.29, 0.717) is 23.7 Å². The van der Waals surface area contributed by atoms with Gasteiger partial charge in [-0.15, -0.1) is 24.5 Å². The first kappa shape index (κ1) is 22.9. The fourth-order valence-electron chi connectivity index (χ4n) is 3.85. The summed E-state index contributed by atoms with van der Waals surface area (Å²) in [5.74, 6) is -0.343. The molecule has 2 heterocycles. The number of hydrogen-bond donors (Lipinski definition) is 0. The number of rotatable bonds is 6. The molecule has 10 heteroatoms. The van der Waals surface area contributed by atoms with Gasteiger partial charge >= 0.3 is 16.6 Å². The molecule has 2 aromatic carbocycles. The maximum atomic E-state index is 13.7. The molecule has 5 nitrogen and oxygen atoms in total. The van der Waals surface area contributed by atoms with Crippen LogP contribution in [0.2, 0.25) is 0 Å². The van der Waals surface area contributed by atoms with Gasteiger partial charge in [-0.2, -0.15) is 12.7 Å². The van der Waals surface area contributed by atoms with E-state index in [0.717, 1.165) is 34.9 Å². The molecule has 1 fully saturated rings. The Bertz CT molecular complexity index is 1190. The Morgan fingerprint density at radius 2 is 1.69 bits per heavy atom. The molecule has 0 radical (unpaired) electrons. The third-order valence-corrected chi connectivity index (χ3v) is 8.75. The molecule has 172 valence electrons. The molecule has 0 aliphatic carbocycles. The van der Waals surface area contributed by atoms with E-state index >= 15 is 0 Å². The van der Waals surface area contributed by atoms with Crippen molar-refractivity contribution in [3.63, 3.8) is 0 Å². The minimum absolute atomic E-state index is 0.0127. The standard InChI is InChI=1S/C22H23F3N2O3S2/c1-16-19-7-3-4-8-20(19)31-21(16)27(32(28,29)26-13-5-2-6-14-26)15-17-9-11-18(12-10-17)30-22(23,24)25/h3-4,7-12H,2,5-6,13-15H2,1H3. The lowest BCUT2D eigenvalue weighted by Gasteiger charge is -2.33. The van der Waals surface area contributed by atoms with E-state index in [-0.39, 0.29) is 12.3 Å². The number of fused-ring (bicyclic) bond motifs is 1. The average molecular weight is 485 g/mol. The Balaban J connectivity index is 1.71. The van der Waals surface area contributed by atoms with E-state index in [1.165, 1.54) is 44.2 Å². The van der Waals surface area contributed by atoms with Gasteiger partial charge in [0.15, 0.2) is 0 Å². The summed E-state index contributed by atoms with van der Waals surface area (Å²) in [5, 5.41) is 1.60.